The van der Waals surface area contributed by atoms with E-state index in [-0.39, 0.29) is 17.3 Å². The van der Waals surface area contributed by atoms with E-state index in [1.807, 2.05) is 6.92 Å². The van der Waals surface area contributed by atoms with Gasteiger partial charge in [-0.2, -0.15) is 0 Å². The van der Waals surface area contributed by atoms with Crippen LogP contribution in [-0.2, 0) is 4.79 Å². The van der Waals surface area contributed by atoms with Gasteiger partial charge < -0.3 is 14.5 Å². The Bertz CT molecular complexity index is 1050. The molecule has 1 aromatic heterocycles. The van der Waals surface area contributed by atoms with Gasteiger partial charge in [-0.3, -0.25) is 9.59 Å². The zero-order chi connectivity index (χ0) is 17.6. The summed E-state index contributed by atoms with van der Waals surface area (Å²) in [5.74, 6) is -0.0616. The van der Waals surface area contributed by atoms with Crippen molar-refractivity contribution in [2.45, 2.75) is 13.3 Å². The third kappa shape index (κ3) is 2.79. The van der Waals surface area contributed by atoms with E-state index in [2.05, 4.69) is 5.32 Å². The molecule has 1 aliphatic heterocycles. The van der Waals surface area contributed by atoms with Gasteiger partial charge in [0.2, 0.25) is 5.43 Å². The summed E-state index contributed by atoms with van der Waals surface area (Å²) in [7, 11) is 0. The van der Waals surface area contributed by atoms with Crippen LogP contribution in [-0.4, -0.2) is 19.1 Å². The van der Waals surface area contributed by atoms with Crippen LogP contribution >= 0.6 is 11.6 Å². The standard InChI is InChI=1S/C19H16ClNO4/c1-10-2-5-14(20)18-16(10)17(22)13-4-3-12(8-15(13)25-18)24-19(23)11-6-7-21-9-11/h2-5,8,11,21H,6-7,9H2,1H3. The van der Waals surface area contributed by atoms with Gasteiger partial charge in [0.15, 0.2) is 5.58 Å². The van der Waals surface area contributed by atoms with Crippen molar-refractivity contribution >= 4 is 39.5 Å². The van der Waals surface area contributed by atoms with E-state index in [0.29, 0.717) is 39.3 Å². The van der Waals surface area contributed by atoms with Gasteiger partial charge in [-0.1, -0.05) is 17.7 Å². The van der Waals surface area contributed by atoms with Crippen molar-refractivity contribution in [3.63, 3.8) is 0 Å². The van der Waals surface area contributed by atoms with E-state index in [1.54, 1.807) is 30.3 Å². The highest BCUT2D eigenvalue weighted by atomic mass is 35.5. The Hall–Kier alpha value is -2.37. The maximum Gasteiger partial charge on any atom is 0.315 e. The zero-order valence-corrected chi connectivity index (χ0v) is 14.4. The van der Waals surface area contributed by atoms with E-state index >= 15 is 0 Å². The van der Waals surface area contributed by atoms with E-state index < -0.39 is 0 Å². The molecule has 1 unspecified atom stereocenters. The first kappa shape index (κ1) is 16.1. The first-order chi connectivity index (χ1) is 12.0. The summed E-state index contributed by atoms with van der Waals surface area (Å²) in [5, 5.41) is 4.41. The lowest BCUT2D eigenvalue weighted by Crippen LogP contribution is -2.22. The van der Waals surface area contributed by atoms with Crippen LogP contribution in [0.2, 0.25) is 5.02 Å². The molecule has 1 N–H and O–H groups in total. The lowest BCUT2D eigenvalue weighted by atomic mass is 10.1. The fourth-order valence-electron chi connectivity index (χ4n) is 3.18. The first-order valence-electron chi connectivity index (χ1n) is 8.12. The Balaban J connectivity index is 1.80. The molecule has 1 fully saturated rings. The summed E-state index contributed by atoms with van der Waals surface area (Å²) in [6, 6.07) is 8.29. The summed E-state index contributed by atoms with van der Waals surface area (Å²) < 4.78 is 11.3. The Morgan fingerprint density at radius 3 is 2.92 bits per heavy atom. The van der Waals surface area contributed by atoms with Crippen LogP contribution in [0.4, 0.5) is 0 Å². The maximum absolute atomic E-state index is 12.8. The number of esters is 1. The minimum absolute atomic E-state index is 0.142. The number of ether oxygens (including phenoxy) is 1. The van der Waals surface area contributed by atoms with Crippen LogP contribution in [0.3, 0.4) is 0 Å². The number of hydrogen-bond donors (Lipinski definition) is 1. The van der Waals surface area contributed by atoms with Crippen molar-refractivity contribution in [2.24, 2.45) is 5.92 Å². The van der Waals surface area contributed by atoms with Crippen molar-refractivity contribution in [1.82, 2.24) is 5.32 Å². The fourth-order valence-corrected chi connectivity index (χ4v) is 3.37. The molecule has 1 atom stereocenters. The van der Waals surface area contributed by atoms with E-state index in [0.717, 1.165) is 18.5 Å². The van der Waals surface area contributed by atoms with E-state index in [1.165, 1.54) is 0 Å². The number of aryl methyl sites for hydroxylation is 1. The van der Waals surface area contributed by atoms with Gasteiger partial charge in [-0.15, -0.1) is 0 Å². The third-order valence-electron chi connectivity index (χ3n) is 4.57. The molecular weight excluding hydrogens is 342 g/mol. The lowest BCUT2D eigenvalue weighted by Gasteiger charge is -2.10. The zero-order valence-electron chi connectivity index (χ0n) is 13.6. The number of carbonyl (C=O) groups excluding carboxylic acids is 1. The average Bonchev–Trinajstić information content (AvgIpc) is 3.13. The molecule has 4 rings (SSSR count). The number of carbonyl (C=O) groups is 1. The van der Waals surface area contributed by atoms with Gasteiger partial charge in [-0.25, -0.2) is 0 Å². The highest BCUT2D eigenvalue weighted by molar-refractivity contribution is 6.35. The van der Waals surface area contributed by atoms with Gasteiger partial charge in [-0.05, 0) is 43.7 Å². The summed E-state index contributed by atoms with van der Waals surface area (Å²) in [6.45, 7) is 3.28. The molecule has 0 bridgehead atoms. The Labute approximate surface area is 148 Å². The van der Waals surface area contributed by atoms with Crippen molar-refractivity contribution < 1.29 is 13.9 Å². The minimum atomic E-state index is -0.277. The molecule has 0 radical (unpaired) electrons. The monoisotopic (exact) mass is 357 g/mol. The molecule has 5 nitrogen and oxygen atoms in total. The second kappa shape index (κ2) is 6.17. The fraction of sp³-hybridized carbons (Fsp3) is 0.263. The summed E-state index contributed by atoms with van der Waals surface area (Å²) >= 11 is 6.19. The minimum Gasteiger partial charge on any atom is -0.454 e. The molecule has 0 aliphatic carbocycles. The Kier molecular flexibility index (Phi) is 3.98. The van der Waals surface area contributed by atoms with Crippen molar-refractivity contribution in [1.29, 1.82) is 0 Å². The number of hydrogen-bond acceptors (Lipinski definition) is 5. The molecule has 0 spiro atoms. The SMILES string of the molecule is Cc1ccc(Cl)c2oc3cc(OC(=O)C4CCNC4)ccc3c(=O)c12. The van der Waals surface area contributed by atoms with Crippen LogP contribution in [0.5, 0.6) is 5.75 Å². The topological polar surface area (TPSA) is 68.5 Å². The quantitative estimate of drug-likeness (QED) is 0.432. The second-order valence-electron chi connectivity index (χ2n) is 6.27. The van der Waals surface area contributed by atoms with Crippen molar-refractivity contribution in [3.05, 3.63) is 51.1 Å². The number of rotatable bonds is 2. The summed E-state index contributed by atoms with van der Waals surface area (Å²) in [4.78, 5) is 24.9. The molecule has 1 saturated heterocycles. The van der Waals surface area contributed by atoms with E-state index in [4.69, 9.17) is 20.8 Å². The van der Waals surface area contributed by atoms with Gasteiger partial charge in [0.1, 0.15) is 11.3 Å². The van der Waals surface area contributed by atoms with Crippen molar-refractivity contribution in [2.75, 3.05) is 13.1 Å². The Morgan fingerprint density at radius 1 is 1.32 bits per heavy atom. The van der Waals surface area contributed by atoms with Crippen LogP contribution in [0.15, 0.2) is 39.5 Å². The van der Waals surface area contributed by atoms with Gasteiger partial charge in [0.05, 0.1) is 21.7 Å². The predicted octanol–water partition coefficient (Wildman–Crippen LogP) is 3.42. The molecule has 2 heterocycles. The number of fused-ring (bicyclic) bond motifs is 2. The normalized spacial score (nSPS) is 17.3. The van der Waals surface area contributed by atoms with Crippen molar-refractivity contribution in [3.8, 4) is 5.75 Å². The van der Waals surface area contributed by atoms with Crippen LogP contribution < -0.4 is 15.5 Å². The first-order valence-corrected chi connectivity index (χ1v) is 8.50. The van der Waals surface area contributed by atoms with Gasteiger partial charge in [0.25, 0.3) is 0 Å². The Morgan fingerprint density at radius 2 is 2.16 bits per heavy atom. The van der Waals surface area contributed by atoms with E-state index in [9.17, 15) is 9.59 Å². The summed E-state index contributed by atoms with van der Waals surface area (Å²) in [6.07, 6.45) is 0.765. The molecule has 2 aromatic carbocycles. The molecule has 3 aromatic rings. The molecule has 1 aliphatic rings. The largest absolute Gasteiger partial charge is 0.454 e. The number of halogens is 1. The molecule has 0 saturated carbocycles. The molecular formula is C19H16ClNO4. The van der Waals surface area contributed by atoms with Gasteiger partial charge >= 0.3 is 5.97 Å². The predicted molar refractivity (Wildman–Crippen MR) is 96.3 cm³/mol. The third-order valence-corrected chi connectivity index (χ3v) is 4.86. The number of benzene rings is 2. The number of nitrogens with one attached hydrogen (secondary N) is 1. The van der Waals surface area contributed by atoms with Crippen LogP contribution in [0.25, 0.3) is 21.9 Å². The average molecular weight is 358 g/mol. The maximum atomic E-state index is 12.8. The van der Waals surface area contributed by atoms with Crippen LogP contribution in [0, 0.1) is 12.8 Å². The lowest BCUT2D eigenvalue weighted by molar-refractivity contribution is -0.138. The summed E-state index contributed by atoms with van der Waals surface area (Å²) in [5.41, 5.74) is 1.36. The highest BCUT2D eigenvalue weighted by Crippen LogP contribution is 2.29. The second-order valence-corrected chi connectivity index (χ2v) is 6.68. The smallest absolute Gasteiger partial charge is 0.315 e. The van der Waals surface area contributed by atoms with Gasteiger partial charge in [0, 0.05) is 12.6 Å². The highest BCUT2D eigenvalue weighted by Gasteiger charge is 2.24. The molecule has 128 valence electrons. The van der Waals surface area contributed by atoms with Crippen LogP contribution in [0.1, 0.15) is 12.0 Å². The molecule has 25 heavy (non-hydrogen) atoms. The molecule has 0 amide bonds. The molecule has 6 heteroatoms.